The van der Waals surface area contributed by atoms with Crippen molar-refractivity contribution in [2.24, 2.45) is 5.92 Å². The van der Waals surface area contributed by atoms with Gasteiger partial charge >= 0.3 is 0 Å². The monoisotopic (exact) mass is 345 g/mol. The minimum atomic E-state index is -3.15. The standard InChI is InChI=1S/C14H23N3O3S2/c1-12-15-14(10-21-12)8-16-3-5-17(6-4-16)22(18,19)11-13-2-7-20-9-13/h10,13H,2-9,11H2,1H3. The summed E-state index contributed by atoms with van der Waals surface area (Å²) in [5.74, 6) is 0.402. The van der Waals surface area contributed by atoms with Crippen LogP contribution in [0.15, 0.2) is 5.38 Å². The van der Waals surface area contributed by atoms with E-state index in [1.54, 1.807) is 15.6 Å². The second kappa shape index (κ2) is 6.92. The van der Waals surface area contributed by atoms with E-state index in [-0.39, 0.29) is 11.7 Å². The van der Waals surface area contributed by atoms with Crippen LogP contribution in [0.4, 0.5) is 0 Å². The molecule has 1 atom stereocenters. The highest BCUT2D eigenvalue weighted by molar-refractivity contribution is 7.89. The second-order valence-electron chi connectivity index (χ2n) is 6.04. The van der Waals surface area contributed by atoms with E-state index < -0.39 is 10.0 Å². The van der Waals surface area contributed by atoms with E-state index in [9.17, 15) is 8.42 Å². The summed E-state index contributed by atoms with van der Waals surface area (Å²) >= 11 is 1.66. The first-order valence-electron chi connectivity index (χ1n) is 7.72. The third kappa shape index (κ3) is 4.05. The SMILES string of the molecule is Cc1nc(CN2CCN(S(=O)(=O)CC3CCOC3)CC2)cs1. The van der Waals surface area contributed by atoms with Crippen molar-refractivity contribution in [2.75, 3.05) is 45.1 Å². The van der Waals surface area contributed by atoms with E-state index in [4.69, 9.17) is 4.74 Å². The van der Waals surface area contributed by atoms with Gasteiger partial charge in [-0.2, -0.15) is 4.31 Å². The largest absolute Gasteiger partial charge is 0.381 e. The summed E-state index contributed by atoms with van der Waals surface area (Å²) in [6, 6.07) is 0. The van der Waals surface area contributed by atoms with Crippen LogP contribution in [0.5, 0.6) is 0 Å². The van der Waals surface area contributed by atoms with Gasteiger partial charge in [-0.05, 0) is 19.3 Å². The Kier molecular flexibility index (Phi) is 5.13. The van der Waals surface area contributed by atoms with Crippen LogP contribution in [-0.2, 0) is 21.3 Å². The summed E-state index contributed by atoms with van der Waals surface area (Å²) < 4.78 is 31.8. The number of thiazole rings is 1. The first-order valence-corrected chi connectivity index (χ1v) is 10.2. The van der Waals surface area contributed by atoms with Crippen molar-refractivity contribution >= 4 is 21.4 Å². The summed E-state index contributed by atoms with van der Waals surface area (Å²) in [5, 5.41) is 3.16. The predicted molar refractivity (Wildman–Crippen MR) is 86.4 cm³/mol. The maximum atomic E-state index is 12.5. The van der Waals surface area contributed by atoms with Gasteiger partial charge in [0, 0.05) is 44.7 Å². The lowest BCUT2D eigenvalue weighted by Crippen LogP contribution is -2.49. The molecule has 2 saturated heterocycles. The molecule has 1 aromatic rings. The molecule has 0 saturated carbocycles. The molecule has 0 aliphatic carbocycles. The van der Waals surface area contributed by atoms with Gasteiger partial charge in [-0.25, -0.2) is 13.4 Å². The molecule has 1 unspecified atom stereocenters. The number of hydrogen-bond acceptors (Lipinski definition) is 6. The molecule has 3 rings (SSSR count). The average Bonchev–Trinajstić information content (AvgIpc) is 3.11. The molecule has 0 spiro atoms. The maximum Gasteiger partial charge on any atom is 0.214 e. The Morgan fingerprint density at radius 2 is 2.14 bits per heavy atom. The Labute approximate surface area is 136 Å². The predicted octanol–water partition coefficient (Wildman–Crippen LogP) is 0.935. The van der Waals surface area contributed by atoms with Crippen LogP contribution >= 0.6 is 11.3 Å². The Balaban J connectivity index is 1.50. The van der Waals surface area contributed by atoms with Gasteiger partial charge in [-0.15, -0.1) is 11.3 Å². The van der Waals surface area contributed by atoms with Crippen LogP contribution in [-0.4, -0.2) is 67.8 Å². The van der Waals surface area contributed by atoms with Gasteiger partial charge in [-0.1, -0.05) is 0 Å². The molecule has 0 N–H and O–H groups in total. The van der Waals surface area contributed by atoms with E-state index in [1.807, 2.05) is 6.92 Å². The zero-order chi connectivity index (χ0) is 15.6. The number of aromatic nitrogens is 1. The lowest BCUT2D eigenvalue weighted by atomic mass is 10.2. The molecule has 0 amide bonds. The van der Waals surface area contributed by atoms with Gasteiger partial charge < -0.3 is 4.74 Å². The summed E-state index contributed by atoms with van der Waals surface area (Å²) in [5.41, 5.74) is 1.09. The molecule has 0 radical (unpaired) electrons. The molecule has 124 valence electrons. The van der Waals surface area contributed by atoms with E-state index in [2.05, 4.69) is 15.3 Å². The molecule has 2 aliphatic rings. The minimum absolute atomic E-state index is 0.168. The molecule has 2 fully saturated rings. The highest BCUT2D eigenvalue weighted by atomic mass is 32.2. The summed E-state index contributed by atoms with van der Waals surface area (Å²) in [4.78, 5) is 6.75. The van der Waals surface area contributed by atoms with Gasteiger partial charge in [0.25, 0.3) is 0 Å². The van der Waals surface area contributed by atoms with E-state index >= 15 is 0 Å². The second-order valence-corrected chi connectivity index (χ2v) is 9.12. The van der Waals surface area contributed by atoms with E-state index in [1.165, 1.54) is 0 Å². The number of sulfonamides is 1. The highest BCUT2D eigenvalue weighted by Crippen LogP contribution is 2.19. The van der Waals surface area contributed by atoms with Gasteiger partial charge in [0.2, 0.25) is 10.0 Å². The molecule has 6 nitrogen and oxygen atoms in total. The van der Waals surface area contributed by atoms with E-state index in [0.29, 0.717) is 26.3 Å². The highest BCUT2D eigenvalue weighted by Gasteiger charge is 2.30. The zero-order valence-electron chi connectivity index (χ0n) is 12.9. The number of nitrogens with zero attached hydrogens (tertiary/aromatic N) is 3. The lowest BCUT2D eigenvalue weighted by Gasteiger charge is -2.34. The molecule has 8 heteroatoms. The fourth-order valence-electron chi connectivity index (χ4n) is 2.99. The number of hydrogen-bond donors (Lipinski definition) is 0. The van der Waals surface area contributed by atoms with Gasteiger partial charge in [0.15, 0.2) is 0 Å². The van der Waals surface area contributed by atoms with Crippen molar-refractivity contribution in [3.63, 3.8) is 0 Å². The van der Waals surface area contributed by atoms with Gasteiger partial charge in [-0.3, -0.25) is 4.90 Å². The van der Waals surface area contributed by atoms with Crippen LogP contribution in [0.25, 0.3) is 0 Å². The molecule has 22 heavy (non-hydrogen) atoms. The van der Waals surface area contributed by atoms with Crippen LogP contribution in [0, 0.1) is 12.8 Å². The number of rotatable bonds is 5. The Hall–Kier alpha value is -0.540. The normalized spacial score (nSPS) is 24.9. The molecular formula is C14H23N3O3S2. The van der Waals surface area contributed by atoms with Gasteiger partial charge in [0.05, 0.1) is 23.1 Å². The van der Waals surface area contributed by atoms with Crippen LogP contribution < -0.4 is 0 Å². The first-order chi connectivity index (χ1) is 10.5. The van der Waals surface area contributed by atoms with Gasteiger partial charge in [0.1, 0.15) is 0 Å². The molecule has 0 aromatic carbocycles. The van der Waals surface area contributed by atoms with Crippen LogP contribution in [0.1, 0.15) is 17.1 Å². The average molecular weight is 345 g/mol. The summed E-state index contributed by atoms with van der Waals surface area (Å²) in [6.07, 6.45) is 0.863. The quantitative estimate of drug-likeness (QED) is 0.795. The molecule has 3 heterocycles. The molecule has 0 bridgehead atoms. The Morgan fingerprint density at radius 1 is 1.36 bits per heavy atom. The zero-order valence-corrected chi connectivity index (χ0v) is 14.5. The van der Waals surface area contributed by atoms with Crippen LogP contribution in [0.2, 0.25) is 0 Å². The molecule has 1 aromatic heterocycles. The Bertz CT molecular complexity index is 588. The smallest absolute Gasteiger partial charge is 0.214 e. The third-order valence-electron chi connectivity index (χ3n) is 4.25. The van der Waals surface area contributed by atoms with Crippen molar-refractivity contribution in [2.45, 2.75) is 19.9 Å². The van der Waals surface area contributed by atoms with Crippen molar-refractivity contribution < 1.29 is 13.2 Å². The Morgan fingerprint density at radius 3 is 2.73 bits per heavy atom. The fraction of sp³-hybridized carbons (Fsp3) is 0.786. The molecule has 2 aliphatic heterocycles. The van der Waals surface area contributed by atoms with Crippen LogP contribution in [0.3, 0.4) is 0 Å². The van der Waals surface area contributed by atoms with Crippen molar-refractivity contribution in [1.29, 1.82) is 0 Å². The fourth-order valence-corrected chi connectivity index (χ4v) is 5.39. The van der Waals surface area contributed by atoms with Crippen molar-refractivity contribution in [3.05, 3.63) is 16.1 Å². The minimum Gasteiger partial charge on any atom is -0.381 e. The van der Waals surface area contributed by atoms with Crippen molar-refractivity contribution in [1.82, 2.24) is 14.2 Å². The summed E-state index contributed by atoms with van der Waals surface area (Å²) in [7, 11) is -3.15. The third-order valence-corrected chi connectivity index (χ3v) is 7.11. The molecular weight excluding hydrogens is 322 g/mol. The summed E-state index contributed by atoms with van der Waals surface area (Å²) in [6.45, 7) is 6.81. The van der Waals surface area contributed by atoms with Crippen molar-refractivity contribution in [3.8, 4) is 0 Å². The lowest BCUT2D eigenvalue weighted by molar-refractivity contribution is 0.177. The first kappa shape index (κ1) is 16.3. The van der Waals surface area contributed by atoms with E-state index in [0.717, 1.165) is 36.8 Å². The maximum absolute atomic E-state index is 12.5. The topological polar surface area (TPSA) is 62.7 Å². The number of ether oxygens (including phenoxy) is 1. The number of aryl methyl sites for hydroxylation is 1. The number of piperazine rings is 1.